The van der Waals surface area contributed by atoms with Crippen molar-refractivity contribution in [1.29, 1.82) is 0 Å². The van der Waals surface area contributed by atoms with Crippen molar-refractivity contribution < 1.29 is 23.8 Å². The third-order valence-corrected chi connectivity index (χ3v) is 4.57. The van der Waals surface area contributed by atoms with Crippen molar-refractivity contribution in [1.82, 2.24) is 5.32 Å². The lowest BCUT2D eigenvalue weighted by Crippen LogP contribution is -2.36. The van der Waals surface area contributed by atoms with Crippen LogP contribution in [-0.4, -0.2) is 38.7 Å². The van der Waals surface area contributed by atoms with Gasteiger partial charge in [-0.25, -0.2) is 0 Å². The summed E-state index contributed by atoms with van der Waals surface area (Å²) in [6, 6.07) is 19.7. The zero-order valence-electron chi connectivity index (χ0n) is 17.5. The Bertz CT molecular complexity index is 690. The lowest BCUT2D eigenvalue weighted by atomic mass is 10.1. The number of hydrogen-bond acceptors (Lipinski definition) is 5. The van der Waals surface area contributed by atoms with Crippen molar-refractivity contribution in [2.24, 2.45) is 5.92 Å². The third kappa shape index (κ3) is 9.67. The van der Waals surface area contributed by atoms with Gasteiger partial charge >= 0.3 is 5.97 Å². The van der Waals surface area contributed by atoms with Gasteiger partial charge in [-0.1, -0.05) is 60.7 Å². The molecule has 0 heterocycles. The second-order valence-corrected chi connectivity index (χ2v) is 7.02. The Morgan fingerprint density at radius 3 is 1.87 bits per heavy atom. The molecule has 0 radical (unpaired) electrons. The van der Waals surface area contributed by atoms with E-state index in [1.807, 2.05) is 60.7 Å². The molecule has 1 N–H and O–H groups in total. The lowest BCUT2D eigenvalue weighted by Gasteiger charge is -2.17. The number of carbonyl (C=O) groups excluding carboxylic acids is 2. The summed E-state index contributed by atoms with van der Waals surface area (Å²) < 4.78 is 16.2. The van der Waals surface area contributed by atoms with Crippen LogP contribution in [0.5, 0.6) is 0 Å². The fourth-order valence-corrected chi connectivity index (χ4v) is 2.84. The molecule has 162 valence electrons. The third-order valence-electron chi connectivity index (χ3n) is 4.57. The van der Waals surface area contributed by atoms with Gasteiger partial charge in [0.05, 0.1) is 39.5 Å². The monoisotopic (exact) mass is 413 g/mol. The number of unbranched alkanes of at least 4 members (excludes halogenated alkanes) is 1. The highest BCUT2D eigenvalue weighted by atomic mass is 16.5. The van der Waals surface area contributed by atoms with Gasteiger partial charge in [0.25, 0.3) is 0 Å². The molecule has 0 saturated heterocycles. The van der Waals surface area contributed by atoms with E-state index in [1.54, 1.807) is 0 Å². The molecule has 30 heavy (non-hydrogen) atoms. The van der Waals surface area contributed by atoms with Crippen LogP contribution in [0, 0.1) is 5.92 Å². The quantitative estimate of drug-likeness (QED) is 0.379. The van der Waals surface area contributed by atoms with Crippen LogP contribution >= 0.6 is 0 Å². The maximum atomic E-state index is 12.6. The van der Waals surface area contributed by atoms with Crippen LogP contribution in [0.3, 0.4) is 0 Å². The molecule has 6 heteroatoms. The van der Waals surface area contributed by atoms with Gasteiger partial charge in [0, 0.05) is 13.0 Å². The zero-order chi connectivity index (χ0) is 21.4. The molecular weight excluding hydrogens is 382 g/mol. The van der Waals surface area contributed by atoms with E-state index in [0.29, 0.717) is 39.0 Å². The normalized spacial score (nSPS) is 10.7. The molecule has 2 aromatic rings. The average molecular weight is 414 g/mol. The Kier molecular flexibility index (Phi) is 11.2. The van der Waals surface area contributed by atoms with E-state index in [0.717, 1.165) is 11.1 Å². The molecule has 0 aromatic heterocycles. The standard InChI is InChI=1S/C24H31NO5/c1-28-23(26)14-8-9-15-25-24(27)22(18-29-16-20-10-4-2-5-11-20)19-30-17-21-12-6-3-7-13-21/h2-7,10-13,22H,8-9,14-19H2,1H3,(H,25,27). The fourth-order valence-electron chi connectivity index (χ4n) is 2.84. The van der Waals surface area contributed by atoms with Gasteiger partial charge in [0.15, 0.2) is 0 Å². The number of esters is 1. The maximum absolute atomic E-state index is 12.6. The van der Waals surface area contributed by atoms with Gasteiger partial charge in [-0.2, -0.15) is 0 Å². The van der Waals surface area contributed by atoms with Gasteiger partial charge < -0.3 is 19.5 Å². The molecule has 0 spiro atoms. The molecule has 0 aliphatic carbocycles. The molecule has 0 fully saturated rings. The van der Waals surface area contributed by atoms with Crippen molar-refractivity contribution in [2.75, 3.05) is 26.9 Å². The summed E-state index contributed by atoms with van der Waals surface area (Å²) >= 11 is 0. The van der Waals surface area contributed by atoms with Crippen molar-refractivity contribution in [2.45, 2.75) is 32.5 Å². The lowest BCUT2D eigenvalue weighted by molar-refractivity contribution is -0.140. The topological polar surface area (TPSA) is 73.9 Å². The SMILES string of the molecule is COC(=O)CCCCNC(=O)C(COCc1ccccc1)COCc1ccccc1. The van der Waals surface area contributed by atoms with Gasteiger partial charge in [0.1, 0.15) is 0 Å². The second-order valence-electron chi connectivity index (χ2n) is 7.02. The molecule has 0 unspecified atom stereocenters. The summed E-state index contributed by atoms with van der Waals surface area (Å²) in [5, 5.41) is 2.92. The Balaban J connectivity index is 1.77. The molecule has 0 bridgehead atoms. The maximum Gasteiger partial charge on any atom is 0.305 e. The Labute approximate surface area is 178 Å². The predicted molar refractivity (Wildman–Crippen MR) is 115 cm³/mol. The van der Waals surface area contributed by atoms with Crippen molar-refractivity contribution in [3.63, 3.8) is 0 Å². The van der Waals surface area contributed by atoms with E-state index >= 15 is 0 Å². The van der Waals surface area contributed by atoms with Gasteiger partial charge in [-0.15, -0.1) is 0 Å². The predicted octanol–water partition coefficient (Wildman–Crippen LogP) is 3.50. The Morgan fingerprint density at radius 1 is 0.833 bits per heavy atom. The van der Waals surface area contributed by atoms with Gasteiger partial charge in [-0.3, -0.25) is 9.59 Å². The molecule has 0 aliphatic heterocycles. The number of nitrogens with one attached hydrogen (secondary N) is 1. The number of methoxy groups -OCH3 is 1. The molecule has 0 saturated carbocycles. The number of carbonyl (C=O) groups is 2. The number of hydrogen-bond donors (Lipinski definition) is 1. The highest BCUT2D eigenvalue weighted by Crippen LogP contribution is 2.08. The number of ether oxygens (including phenoxy) is 3. The second kappa shape index (κ2) is 14.3. The van der Waals surface area contributed by atoms with E-state index in [1.165, 1.54) is 7.11 Å². The first-order valence-electron chi connectivity index (χ1n) is 10.3. The zero-order valence-corrected chi connectivity index (χ0v) is 17.5. The van der Waals surface area contributed by atoms with Gasteiger partial charge in [-0.05, 0) is 24.0 Å². The van der Waals surface area contributed by atoms with Crippen LogP contribution < -0.4 is 5.32 Å². The first-order chi connectivity index (χ1) is 14.7. The minimum Gasteiger partial charge on any atom is -0.469 e. The van der Waals surface area contributed by atoms with E-state index in [2.05, 4.69) is 10.1 Å². The molecule has 0 atom stereocenters. The summed E-state index contributed by atoms with van der Waals surface area (Å²) in [4.78, 5) is 23.8. The minimum atomic E-state index is -0.405. The first kappa shape index (κ1) is 23.6. The average Bonchev–Trinajstić information content (AvgIpc) is 2.79. The Hall–Kier alpha value is -2.70. The van der Waals surface area contributed by atoms with Crippen molar-refractivity contribution in [3.8, 4) is 0 Å². The van der Waals surface area contributed by atoms with Crippen LogP contribution in [0.1, 0.15) is 30.4 Å². The van der Waals surface area contributed by atoms with Crippen molar-refractivity contribution >= 4 is 11.9 Å². The van der Waals surface area contributed by atoms with Crippen LogP contribution in [0.4, 0.5) is 0 Å². The van der Waals surface area contributed by atoms with Crippen LogP contribution in [0.2, 0.25) is 0 Å². The van der Waals surface area contributed by atoms with E-state index < -0.39 is 5.92 Å². The fraction of sp³-hybridized carbons (Fsp3) is 0.417. The highest BCUT2D eigenvalue weighted by molar-refractivity contribution is 5.78. The largest absolute Gasteiger partial charge is 0.469 e. The summed E-state index contributed by atoms with van der Waals surface area (Å²) in [5.74, 6) is -0.741. The molecule has 0 aliphatic rings. The molecular formula is C24H31NO5. The van der Waals surface area contributed by atoms with Crippen molar-refractivity contribution in [3.05, 3.63) is 71.8 Å². The minimum absolute atomic E-state index is 0.103. The summed E-state index contributed by atoms with van der Waals surface area (Å²) in [6.45, 7) is 1.95. The van der Waals surface area contributed by atoms with Crippen LogP contribution in [0.25, 0.3) is 0 Å². The summed E-state index contributed by atoms with van der Waals surface area (Å²) in [5.41, 5.74) is 2.12. The van der Waals surface area contributed by atoms with Gasteiger partial charge in [0.2, 0.25) is 5.91 Å². The highest BCUT2D eigenvalue weighted by Gasteiger charge is 2.19. The van der Waals surface area contributed by atoms with E-state index in [-0.39, 0.29) is 25.1 Å². The smallest absolute Gasteiger partial charge is 0.305 e. The van der Waals surface area contributed by atoms with E-state index in [9.17, 15) is 9.59 Å². The summed E-state index contributed by atoms with van der Waals surface area (Å²) in [6.07, 6.45) is 1.74. The number of amides is 1. The first-order valence-corrected chi connectivity index (χ1v) is 10.3. The molecule has 2 aromatic carbocycles. The molecule has 6 nitrogen and oxygen atoms in total. The Morgan fingerprint density at radius 2 is 1.37 bits per heavy atom. The number of rotatable bonds is 14. The van der Waals surface area contributed by atoms with E-state index in [4.69, 9.17) is 9.47 Å². The summed E-state index contributed by atoms with van der Waals surface area (Å²) in [7, 11) is 1.37. The van der Waals surface area contributed by atoms with Crippen LogP contribution in [-0.2, 0) is 37.0 Å². The number of benzene rings is 2. The van der Waals surface area contributed by atoms with Crippen LogP contribution in [0.15, 0.2) is 60.7 Å². The molecule has 2 rings (SSSR count). The molecule has 1 amide bonds.